The largest absolute Gasteiger partial charge is 0.337 e. The van der Waals surface area contributed by atoms with Crippen molar-refractivity contribution in [1.82, 2.24) is 4.90 Å². The van der Waals surface area contributed by atoms with Crippen LogP contribution in [-0.4, -0.2) is 34.7 Å². The number of carbonyl (C=O) groups excluding carboxylic acids is 2. The molecule has 1 aliphatic carbocycles. The van der Waals surface area contributed by atoms with E-state index in [1.807, 2.05) is 13.8 Å². The number of nitro benzene ring substituents is 1. The Morgan fingerprint density at radius 1 is 1.22 bits per heavy atom. The Labute approximate surface area is 191 Å². The van der Waals surface area contributed by atoms with Crippen LogP contribution in [0.3, 0.4) is 0 Å². The van der Waals surface area contributed by atoms with Crippen molar-refractivity contribution in [3.05, 3.63) is 68.7 Å². The highest BCUT2D eigenvalue weighted by atomic mass is 35.5. The molecule has 3 rings (SSSR count). The average Bonchev–Trinajstić information content (AvgIpc) is 3.60. The molecule has 170 valence electrons. The van der Waals surface area contributed by atoms with Crippen LogP contribution in [0.15, 0.2) is 42.5 Å². The Balaban J connectivity index is 1.76. The van der Waals surface area contributed by atoms with Gasteiger partial charge in [-0.15, -0.1) is 0 Å². The highest BCUT2D eigenvalue weighted by molar-refractivity contribution is 6.31. The van der Waals surface area contributed by atoms with Crippen LogP contribution in [0.1, 0.15) is 42.6 Å². The van der Waals surface area contributed by atoms with Crippen molar-refractivity contribution in [2.45, 2.75) is 33.2 Å². The average molecular weight is 459 g/mol. The fourth-order valence-corrected chi connectivity index (χ4v) is 3.48. The van der Waals surface area contributed by atoms with E-state index >= 15 is 0 Å². The van der Waals surface area contributed by atoms with Gasteiger partial charge in [-0.3, -0.25) is 19.7 Å². The second-order valence-electron chi connectivity index (χ2n) is 8.90. The van der Waals surface area contributed by atoms with Gasteiger partial charge in [0.25, 0.3) is 11.6 Å². The zero-order chi connectivity index (χ0) is 23.5. The summed E-state index contributed by atoms with van der Waals surface area (Å²) in [5.74, 6) is -0.237. The Kier molecular flexibility index (Phi) is 7.16. The van der Waals surface area contributed by atoms with Crippen LogP contribution in [0.5, 0.6) is 0 Å². The van der Waals surface area contributed by atoms with E-state index in [2.05, 4.69) is 5.32 Å². The van der Waals surface area contributed by atoms with Crippen molar-refractivity contribution >= 4 is 34.8 Å². The first-order valence-corrected chi connectivity index (χ1v) is 10.8. The zero-order valence-corrected chi connectivity index (χ0v) is 18.9. The minimum absolute atomic E-state index is 0.0624. The molecule has 1 fully saturated rings. The number of hydrogen-bond donors (Lipinski definition) is 2. The molecule has 8 nitrogen and oxygen atoms in total. The van der Waals surface area contributed by atoms with Crippen LogP contribution in [0.25, 0.3) is 0 Å². The van der Waals surface area contributed by atoms with Gasteiger partial charge in [0.1, 0.15) is 0 Å². The summed E-state index contributed by atoms with van der Waals surface area (Å²) < 4.78 is 0. The second kappa shape index (κ2) is 9.67. The maximum atomic E-state index is 12.9. The van der Waals surface area contributed by atoms with Gasteiger partial charge in [0.05, 0.1) is 4.92 Å². The molecule has 0 unspecified atom stereocenters. The number of nitro groups is 1. The van der Waals surface area contributed by atoms with E-state index in [1.54, 1.807) is 23.1 Å². The number of carbonyl (C=O) groups is 2. The molecule has 1 saturated carbocycles. The summed E-state index contributed by atoms with van der Waals surface area (Å²) in [5, 5.41) is 14.1. The summed E-state index contributed by atoms with van der Waals surface area (Å²) in [6.07, 6.45) is 1.80. The predicted molar refractivity (Wildman–Crippen MR) is 123 cm³/mol. The van der Waals surface area contributed by atoms with Gasteiger partial charge >= 0.3 is 0 Å². The van der Waals surface area contributed by atoms with Crippen molar-refractivity contribution in [1.29, 1.82) is 0 Å². The lowest BCUT2D eigenvalue weighted by Gasteiger charge is -2.32. The summed E-state index contributed by atoms with van der Waals surface area (Å²) in [6, 6.07) is 10.5. The number of nitrogens with one attached hydrogen (secondary N) is 1. The van der Waals surface area contributed by atoms with Crippen LogP contribution in [-0.2, 0) is 11.3 Å². The van der Waals surface area contributed by atoms with Crippen LogP contribution in [0.4, 0.5) is 11.4 Å². The van der Waals surface area contributed by atoms with E-state index < -0.39 is 10.8 Å². The minimum Gasteiger partial charge on any atom is -0.337 e. The van der Waals surface area contributed by atoms with Crippen LogP contribution < -0.4 is 11.1 Å². The Bertz CT molecular complexity index is 1020. The first kappa shape index (κ1) is 23.7. The number of non-ortho nitro benzene ring substituents is 1. The van der Waals surface area contributed by atoms with Gasteiger partial charge in [-0.1, -0.05) is 25.4 Å². The van der Waals surface area contributed by atoms with Crippen molar-refractivity contribution in [2.75, 3.05) is 18.4 Å². The molecule has 0 bridgehead atoms. The Morgan fingerprint density at radius 2 is 1.88 bits per heavy atom. The van der Waals surface area contributed by atoms with Crippen molar-refractivity contribution in [3.63, 3.8) is 0 Å². The molecule has 9 heteroatoms. The maximum absolute atomic E-state index is 12.9. The number of nitrogens with zero attached hydrogens (tertiary/aromatic N) is 2. The third-order valence-electron chi connectivity index (χ3n) is 5.41. The molecule has 0 aromatic heterocycles. The fourth-order valence-electron chi connectivity index (χ4n) is 3.30. The molecular weight excluding hydrogens is 432 g/mol. The molecule has 0 spiro atoms. The molecule has 0 radical (unpaired) electrons. The summed E-state index contributed by atoms with van der Waals surface area (Å²) in [7, 11) is 0. The van der Waals surface area contributed by atoms with Gasteiger partial charge in [-0.05, 0) is 60.7 Å². The molecule has 32 heavy (non-hydrogen) atoms. The molecule has 0 aliphatic heterocycles. The highest BCUT2D eigenvalue weighted by Gasteiger charge is 2.35. The van der Waals surface area contributed by atoms with Crippen molar-refractivity contribution in [3.8, 4) is 0 Å². The van der Waals surface area contributed by atoms with Crippen molar-refractivity contribution < 1.29 is 14.5 Å². The molecule has 3 N–H and O–H groups in total. The van der Waals surface area contributed by atoms with Crippen LogP contribution in [0, 0.1) is 21.4 Å². The quantitative estimate of drug-likeness (QED) is 0.430. The number of rotatable bonds is 9. The lowest BCUT2D eigenvalue weighted by molar-refractivity contribution is -0.384. The van der Waals surface area contributed by atoms with E-state index in [0.717, 1.165) is 18.4 Å². The van der Waals surface area contributed by atoms with E-state index in [0.29, 0.717) is 35.9 Å². The molecule has 2 amide bonds. The fraction of sp³-hybridized carbons (Fsp3) is 0.391. The minimum atomic E-state index is -0.520. The first-order chi connectivity index (χ1) is 15.1. The van der Waals surface area contributed by atoms with E-state index in [4.69, 9.17) is 17.3 Å². The third-order valence-corrected chi connectivity index (χ3v) is 5.78. The zero-order valence-electron chi connectivity index (χ0n) is 18.1. The van der Waals surface area contributed by atoms with Gasteiger partial charge in [0.2, 0.25) is 5.91 Å². The van der Waals surface area contributed by atoms with Gasteiger partial charge in [-0.25, -0.2) is 0 Å². The van der Waals surface area contributed by atoms with Gasteiger partial charge in [-0.2, -0.15) is 0 Å². The number of nitrogens with two attached hydrogens (primary N) is 1. The predicted octanol–water partition coefficient (Wildman–Crippen LogP) is 4.22. The number of anilines is 1. The van der Waals surface area contributed by atoms with E-state index in [1.165, 1.54) is 24.3 Å². The molecule has 2 aromatic rings. The number of halogens is 1. The maximum Gasteiger partial charge on any atom is 0.269 e. The van der Waals surface area contributed by atoms with Gasteiger partial charge in [0.15, 0.2) is 0 Å². The molecule has 0 heterocycles. The second-order valence-corrected chi connectivity index (χ2v) is 9.31. The third kappa shape index (κ3) is 6.05. The molecule has 0 atom stereocenters. The topological polar surface area (TPSA) is 119 Å². The number of benzene rings is 2. The van der Waals surface area contributed by atoms with E-state index in [9.17, 15) is 19.7 Å². The van der Waals surface area contributed by atoms with Gasteiger partial charge in [0, 0.05) is 47.4 Å². The molecule has 2 aromatic carbocycles. The highest BCUT2D eigenvalue weighted by Crippen LogP contribution is 2.33. The first-order valence-electron chi connectivity index (χ1n) is 10.4. The van der Waals surface area contributed by atoms with Gasteiger partial charge < -0.3 is 16.0 Å². The van der Waals surface area contributed by atoms with Crippen molar-refractivity contribution in [2.24, 2.45) is 17.1 Å². The summed E-state index contributed by atoms with van der Waals surface area (Å²) in [4.78, 5) is 37.5. The molecule has 1 aliphatic rings. The van der Waals surface area contributed by atoms with Crippen LogP contribution >= 0.6 is 11.6 Å². The molecular formula is C23H27ClN4O4. The number of amides is 2. The standard InChI is InChI=1S/C23H27ClN4O4/c1-23(2,13-25)14-27(22(30)16-3-4-16)12-17-11-18(7-10-20(17)24)26-21(29)15-5-8-19(9-6-15)28(31)32/h5-11,16H,3-4,12-14,25H2,1-2H3,(H,26,29). The van der Waals surface area contributed by atoms with E-state index in [-0.39, 0.29) is 22.9 Å². The summed E-state index contributed by atoms with van der Waals surface area (Å²) in [5.41, 5.74) is 7.09. The lowest BCUT2D eigenvalue weighted by Crippen LogP contribution is -2.42. The molecule has 0 saturated heterocycles. The SMILES string of the molecule is CC(C)(CN)CN(Cc1cc(NC(=O)c2ccc([N+](=O)[O-])cc2)ccc1Cl)C(=O)C1CC1. The summed E-state index contributed by atoms with van der Waals surface area (Å²) in [6.45, 7) is 5.30. The Morgan fingerprint density at radius 3 is 2.44 bits per heavy atom. The summed E-state index contributed by atoms with van der Waals surface area (Å²) >= 11 is 6.41. The monoisotopic (exact) mass is 458 g/mol. The Hall–Kier alpha value is -2.97. The number of hydrogen-bond acceptors (Lipinski definition) is 5. The smallest absolute Gasteiger partial charge is 0.269 e. The lowest BCUT2D eigenvalue weighted by atomic mass is 9.92. The normalized spacial score (nSPS) is 13.5. The van der Waals surface area contributed by atoms with Crippen LogP contribution in [0.2, 0.25) is 5.02 Å².